The Labute approximate surface area is 105 Å². The minimum Gasteiger partial charge on any atom is -0.461 e. The van der Waals surface area contributed by atoms with Crippen molar-refractivity contribution in [2.75, 3.05) is 0 Å². The predicted octanol–water partition coefficient (Wildman–Crippen LogP) is 4.04. The zero-order valence-corrected chi connectivity index (χ0v) is 12.6. The van der Waals surface area contributed by atoms with Crippen LogP contribution in [0.5, 0.6) is 0 Å². The van der Waals surface area contributed by atoms with Gasteiger partial charge in [-0.15, -0.1) is 0 Å². The first-order valence-corrected chi connectivity index (χ1v) is 9.93. The molecule has 1 unspecified atom stereocenters. The summed E-state index contributed by atoms with van der Waals surface area (Å²) in [6.07, 6.45) is 4.25. The molecule has 0 saturated carbocycles. The Bertz CT molecular complexity index is 246. The Morgan fingerprint density at radius 2 is 2.00 bits per heavy atom. The van der Waals surface area contributed by atoms with Gasteiger partial charge < -0.3 is 4.74 Å². The highest BCUT2D eigenvalue weighted by Gasteiger charge is 2.33. The van der Waals surface area contributed by atoms with Crippen LogP contribution in [0.25, 0.3) is 0 Å². The van der Waals surface area contributed by atoms with Gasteiger partial charge in [-0.05, 0) is 13.3 Å². The summed E-state index contributed by atoms with van der Waals surface area (Å²) < 4.78 is 5.41. The number of rotatable bonds is 7. The summed E-state index contributed by atoms with van der Waals surface area (Å²) in [5.74, 6) is -0.317. The van der Waals surface area contributed by atoms with E-state index in [0.717, 1.165) is 25.7 Å². The van der Waals surface area contributed by atoms with Gasteiger partial charge in [0.2, 0.25) is 0 Å². The molecule has 1 atom stereocenters. The lowest BCUT2D eigenvalue weighted by Crippen LogP contribution is -2.39. The van der Waals surface area contributed by atoms with Crippen LogP contribution in [-0.2, 0) is 9.53 Å². The van der Waals surface area contributed by atoms with Crippen LogP contribution in [-0.4, -0.2) is 19.1 Å². The first kappa shape index (κ1) is 15.7. The third kappa shape index (κ3) is 6.33. The summed E-state index contributed by atoms with van der Waals surface area (Å²) in [4.78, 5) is 11.5. The standard InChI is InChI=1S/C12H23ClO2Si/c1-6-7-8-9-11(16(4,5)13)15-12(14)10(2)3/h11H,2,6-9H2,1,3-5H3. The molecule has 0 aliphatic rings. The van der Waals surface area contributed by atoms with Gasteiger partial charge in [0.05, 0.1) is 0 Å². The third-order valence-corrected chi connectivity index (χ3v) is 5.10. The van der Waals surface area contributed by atoms with E-state index in [4.69, 9.17) is 15.8 Å². The molecule has 4 heteroatoms. The third-order valence-electron chi connectivity index (χ3n) is 2.43. The Morgan fingerprint density at radius 1 is 1.44 bits per heavy atom. The number of hydrogen-bond donors (Lipinski definition) is 0. The van der Waals surface area contributed by atoms with E-state index in [1.54, 1.807) is 6.92 Å². The molecule has 0 aliphatic carbocycles. The smallest absolute Gasteiger partial charge is 0.333 e. The normalized spacial score (nSPS) is 13.3. The number of unbranched alkanes of at least 4 members (excludes halogenated alkanes) is 2. The molecule has 0 rings (SSSR count). The maximum Gasteiger partial charge on any atom is 0.333 e. The highest BCUT2D eigenvalue weighted by atomic mass is 35.6. The second-order valence-corrected chi connectivity index (χ2v) is 11.4. The molecule has 0 heterocycles. The fourth-order valence-corrected chi connectivity index (χ4v) is 3.09. The molecule has 0 bridgehead atoms. The fourth-order valence-electron chi connectivity index (χ4n) is 1.35. The summed E-state index contributed by atoms with van der Waals surface area (Å²) >= 11 is 6.36. The van der Waals surface area contributed by atoms with E-state index >= 15 is 0 Å². The quantitative estimate of drug-likeness (QED) is 0.228. The van der Waals surface area contributed by atoms with Crippen molar-refractivity contribution in [3.63, 3.8) is 0 Å². The van der Waals surface area contributed by atoms with Gasteiger partial charge >= 0.3 is 5.97 Å². The monoisotopic (exact) mass is 262 g/mol. The fraction of sp³-hybridized carbons (Fsp3) is 0.750. The van der Waals surface area contributed by atoms with Crippen molar-refractivity contribution in [1.82, 2.24) is 0 Å². The van der Waals surface area contributed by atoms with E-state index in [2.05, 4.69) is 13.5 Å². The van der Waals surface area contributed by atoms with Gasteiger partial charge in [0.1, 0.15) is 5.73 Å². The van der Waals surface area contributed by atoms with Gasteiger partial charge in [0.15, 0.2) is 7.38 Å². The molecule has 0 N–H and O–H groups in total. The van der Waals surface area contributed by atoms with Gasteiger partial charge in [-0.2, -0.15) is 11.1 Å². The van der Waals surface area contributed by atoms with Crippen molar-refractivity contribution >= 4 is 24.4 Å². The van der Waals surface area contributed by atoms with E-state index in [-0.39, 0.29) is 11.7 Å². The van der Waals surface area contributed by atoms with Crippen LogP contribution < -0.4 is 0 Å². The average Bonchev–Trinajstić information content (AvgIpc) is 2.14. The number of halogens is 1. The van der Waals surface area contributed by atoms with Crippen molar-refractivity contribution in [1.29, 1.82) is 0 Å². The van der Waals surface area contributed by atoms with Gasteiger partial charge in [-0.3, -0.25) is 0 Å². The molecule has 0 fully saturated rings. The molecule has 94 valence electrons. The molecule has 0 radical (unpaired) electrons. The molecule has 0 spiro atoms. The van der Waals surface area contributed by atoms with E-state index < -0.39 is 7.38 Å². The highest BCUT2D eigenvalue weighted by molar-refractivity contribution is 7.19. The number of carbonyl (C=O) groups excluding carboxylic acids is 1. The van der Waals surface area contributed by atoms with Crippen molar-refractivity contribution < 1.29 is 9.53 Å². The van der Waals surface area contributed by atoms with Gasteiger partial charge in [0, 0.05) is 5.57 Å². The van der Waals surface area contributed by atoms with Gasteiger partial charge in [-0.1, -0.05) is 45.9 Å². The number of hydrogen-bond acceptors (Lipinski definition) is 2. The Morgan fingerprint density at radius 3 is 2.38 bits per heavy atom. The summed E-state index contributed by atoms with van der Waals surface area (Å²) in [7, 11) is -1.96. The summed E-state index contributed by atoms with van der Waals surface area (Å²) in [5, 5.41) is 0. The maximum atomic E-state index is 11.5. The molecule has 0 saturated heterocycles. The molecule has 0 aromatic rings. The molecule has 0 aromatic heterocycles. The van der Waals surface area contributed by atoms with Crippen molar-refractivity contribution in [2.45, 2.75) is 58.4 Å². The molecular formula is C12H23ClO2Si. The lowest BCUT2D eigenvalue weighted by Gasteiger charge is -2.26. The molecular weight excluding hydrogens is 240 g/mol. The second-order valence-electron chi connectivity index (χ2n) is 4.73. The van der Waals surface area contributed by atoms with E-state index in [1.807, 2.05) is 13.1 Å². The first-order chi connectivity index (χ1) is 7.29. The largest absolute Gasteiger partial charge is 0.461 e. The molecule has 16 heavy (non-hydrogen) atoms. The topological polar surface area (TPSA) is 26.3 Å². The van der Waals surface area contributed by atoms with Crippen molar-refractivity contribution in [3.05, 3.63) is 12.2 Å². The SMILES string of the molecule is C=C(C)C(=O)OC(CCCCC)[Si](C)(C)Cl. The summed E-state index contributed by atoms with van der Waals surface area (Å²) in [6, 6.07) is 0. The van der Waals surface area contributed by atoms with Crippen molar-refractivity contribution in [2.24, 2.45) is 0 Å². The van der Waals surface area contributed by atoms with Gasteiger partial charge in [0.25, 0.3) is 0 Å². The number of ether oxygens (including phenoxy) is 1. The van der Waals surface area contributed by atoms with Crippen LogP contribution in [0, 0.1) is 0 Å². The lowest BCUT2D eigenvalue weighted by atomic mass is 10.2. The van der Waals surface area contributed by atoms with E-state index in [9.17, 15) is 4.79 Å². The summed E-state index contributed by atoms with van der Waals surface area (Å²) in [6.45, 7) is 11.4. The first-order valence-electron chi connectivity index (χ1n) is 5.84. The molecule has 0 amide bonds. The zero-order chi connectivity index (χ0) is 12.8. The highest BCUT2D eigenvalue weighted by Crippen LogP contribution is 2.22. The van der Waals surface area contributed by atoms with E-state index in [1.165, 1.54) is 0 Å². The van der Waals surface area contributed by atoms with Crippen LogP contribution in [0.2, 0.25) is 13.1 Å². The maximum absolute atomic E-state index is 11.5. The lowest BCUT2D eigenvalue weighted by molar-refractivity contribution is -0.141. The molecule has 0 aromatic carbocycles. The Kier molecular flexibility index (Phi) is 7.00. The van der Waals surface area contributed by atoms with Crippen LogP contribution in [0.1, 0.15) is 39.5 Å². The Hall–Kier alpha value is -0.283. The van der Waals surface area contributed by atoms with Crippen LogP contribution in [0.4, 0.5) is 0 Å². The second kappa shape index (κ2) is 7.12. The molecule has 0 aliphatic heterocycles. The van der Waals surface area contributed by atoms with Crippen LogP contribution in [0.3, 0.4) is 0 Å². The molecule has 2 nitrogen and oxygen atoms in total. The van der Waals surface area contributed by atoms with Crippen LogP contribution >= 0.6 is 11.1 Å². The Balaban J connectivity index is 4.33. The van der Waals surface area contributed by atoms with E-state index in [0.29, 0.717) is 5.57 Å². The minimum atomic E-state index is -1.96. The van der Waals surface area contributed by atoms with Crippen molar-refractivity contribution in [3.8, 4) is 0 Å². The number of esters is 1. The van der Waals surface area contributed by atoms with Gasteiger partial charge in [-0.25, -0.2) is 4.79 Å². The summed E-state index contributed by atoms with van der Waals surface area (Å²) in [5.41, 5.74) is 0.334. The zero-order valence-electron chi connectivity index (χ0n) is 10.8. The average molecular weight is 263 g/mol. The number of carbonyl (C=O) groups is 1. The minimum absolute atomic E-state index is 0.107. The van der Waals surface area contributed by atoms with Crippen LogP contribution in [0.15, 0.2) is 12.2 Å². The predicted molar refractivity (Wildman–Crippen MR) is 72.2 cm³/mol.